The monoisotopic (exact) mass is 184 g/mol. The number of nitrogens with one attached hydrogen (secondary N) is 1. The Morgan fingerprint density at radius 3 is 2.46 bits per heavy atom. The van der Waals surface area contributed by atoms with Crippen LogP contribution in [0.15, 0.2) is 4.99 Å². The van der Waals surface area contributed by atoms with Gasteiger partial charge < -0.3 is 10.1 Å². The van der Waals surface area contributed by atoms with E-state index in [0.29, 0.717) is 11.8 Å². The molecule has 13 heavy (non-hydrogen) atoms. The van der Waals surface area contributed by atoms with Crippen molar-refractivity contribution in [3.63, 3.8) is 0 Å². The maximum absolute atomic E-state index is 11.1. The van der Waals surface area contributed by atoms with Crippen LogP contribution in [0.2, 0.25) is 0 Å². The molecule has 1 heterocycles. The van der Waals surface area contributed by atoms with Gasteiger partial charge >= 0.3 is 0 Å². The maximum atomic E-state index is 11.1. The summed E-state index contributed by atoms with van der Waals surface area (Å²) in [7, 11) is 1.63. The van der Waals surface area contributed by atoms with Gasteiger partial charge in [-0.25, -0.2) is 0 Å². The van der Waals surface area contributed by atoms with Crippen LogP contribution in [-0.4, -0.2) is 31.0 Å². The van der Waals surface area contributed by atoms with Crippen molar-refractivity contribution < 1.29 is 9.53 Å². The molecule has 2 unspecified atom stereocenters. The van der Waals surface area contributed by atoms with Gasteiger partial charge in [0.1, 0.15) is 18.0 Å². The van der Waals surface area contributed by atoms with Crippen molar-refractivity contribution in [2.75, 3.05) is 7.11 Å². The second kappa shape index (κ2) is 3.87. The predicted molar refractivity (Wildman–Crippen MR) is 50.7 cm³/mol. The fourth-order valence-electron chi connectivity index (χ4n) is 1.37. The number of amides is 1. The minimum absolute atomic E-state index is 0.0438. The molecule has 2 atom stereocenters. The van der Waals surface area contributed by atoms with E-state index in [4.69, 9.17) is 4.74 Å². The zero-order chi connectivity index (χ0) is 10.0. The van der Waals surface area contributed by atoms with Crippen molar-refractivity contribution in [2.24, 2.45) is 10.9 Å². The highest BCUT2D eigenvalue weighted by Gasteiger charge is 2.29. The minimum atomic E-state index is -0.272. The molecule has 1 rings (SSSR count). The van der Waals surface area contributed by atoms with Crippen molar-refractivity contribution >= 4 is 11.7 Å². The molecule has 0 fully saturated rings. The Labute approximate surface area is 78.4 Å². The van der Waals surface area contributed by atoms with Gasteiger partial charge in [0, 0.05) is 7.11 Å². The van der Waals surface area contributed by atoms with E-state index in [9.17, 15) is 4.79 Å². The quantitative estimate of drug-likeness (QED) is 0.697. The molecule has 0 aromatic carbocycles. The Balaban J connectivity index is 2.72. The van der Waals surface area contributed by atoms with Crippen molar-refractivity contribution in [2.45, 2.75) is 32.9 Å². The second-order valence-corrected chi connectivity index (χ2v) is 3.58. The average molecular weight is 184 g/mol. The van der Waals surface area contributed by atoms with Gasteiger partial charge in [-0.15, -0.1) is 0 Å². The topological polar surface area (TPSA) is 50.7 Å². The Hall–Kier alpha value is -0.900. The number of methoxy groups -OCH3 is 1. The summed E-state index contributed by atoms with van der Waals surface area (Å²) in [6.07, 6.45) is -0.103. The summed E-state index contributed by atoms with van der Waals surface area (Å²) in [4.78, 5) is 15.3. The van der Waals surface area contributed by atoms with E-state index in [1.54, 1.807) is 14.0 Å². The van der Waals surface area contributed by atoms with E-state index < -0.39 is 0 Å². The van der Waals surface area contributed by atoms with Crippen LogP contribution < -0.4 is 5.32 Å². The summed E-state index contributed by atoms with van der Waals surface area (Å²) in [5, 5.41) is 2.72. The summed E-state index contributed by atoms with van der Waals surface area (Å²) in [6.45, 7) is 5.84. The van der Waals surface area contributed by atoms with E-state index in [1.165, 1.54) is 0 Å². The average Bonchev–Trinajstić information content (AvgIpc) is 2.32. The number of nitrogens with zero attached hydrogens (tertiary/aromatic N) is 1. The number of hydrogen-bond donors (Lipinski definition) is 1. The summed E-state index contributed by atoms with van der Waals surface area (Å²) in [6, 6.07) is -0.272. The first kappa shape index (κ1) is 10.2. The van der Waals surface area contributed by atoms with Gasteiger partial charge in [0.25, 0.3) is 0 Å². The van der Waals surface area contributed by atoms with Crippen LogP contribution in [0.3, 0.4) is 0 Å². The third-order valence-corrected chi connectivity index (χ3v) is 2.09. The summed E-state index contributed by atoms with van der Waals surface area (Å²) in [5.41, 5.74) is 0. The summed E-state index contributed by atoms with van der Waals surface area (Å²) >= 11 is 0. The standard InChI is InChI=1S/C9H16N2O2/c1-5(2)7(13-4)8-10-6(3)9(12)11-8/h5-7H,1-4H3,(H,10,11,12). The van der Waals surface area contributed by atoms with Crippen molar-refractivity contribution in [3.05, 3.63) is 0 Å². The highest BCUT2D eigenvalue weighted by molar-refractivity contribution is 6.07. The molecule has 0 bridgehead atoms. The van der Waals surface area contributed by atoms with Crippen LogP contribution in [0.1, 0.15) is 20.8 Å². The molecule has 0 aromatic heterocycles. The Bertz CT molecular complexity index is 236. The Morgan fingerprint density at radius 2 is 2.15 bits per heavy atom. The Morgan fingerprint density at radius 1 is 1.54 bits per heavy atom. The van der Waals surface area contributed by atoms with E-state index in [1.807, 2.05) is 13.8 Å². The molecule has 0 aliphatic carbocycles. The van der Waals surface area contributed by atoms with E-state index in [0.717, 1.165) is 0 Å². The molecule has 4 heteroatoms. The lowest BCUT2D eigenvalue weighted by Crippen LogP contribution is -2.39. The third kappa shape index (κ3) is 2.06. The van der Waals surface area contributed by atoms with Crippen LogP contribution in [0.5, 0.6) is 0 Å². The minimum Gasteiger partial charge on any atom is -0.373 e. The lowest BCUT2D eigenvalue weighted by molar-refractivity contribution is -0.119. The Kier molecular flexibility index (Phi) is 3.03. The van der Waals surface area contributed by atoms with Crippen LogP contribution in [0, 0.1) is 5.92 Å². The zero-order valence-electron chi connectivity index (χ0n) is 8.50. The van der Waals surface area contributed by atoms with E-state index >= 15 is 0 Å². The van der Waals surface area contributed by atoms with Gasteiger partial charge in [-0.3, -0.25) is 9.79 Å². The van der Waals surface area contributed by atoms with Gasteiger partial charge in [0.05, 0.1) is 0 Å². The fourth-order valence-corrected chi connectivity index (χ4v) is 1.37. The van der Waals surface area contributed by atoms with Crippen LogP contribution >= 0.6 is 0 Å². The van der Waals surface area contributed by atoms with Gasteiger partial charge in [0.15, 0.2) is 0 Å². The normalized spacial score (nSPS) is 24.5. The van der Waals surface area contributed by atoms with Crippen molar-refractivity contribution in [1.29, 1.82) is 0 Å². The highest BCUT2D eigenvalue weighted by atomic mass is 16.5. The molecule has 1 aliphatic heterocycles. The van der Waals surface area contributed by atoms with Crippen LogP contribution in [0.4, 0.5) is 0 Å². The van der Waals surface area contributed by atoms with Gasteiger partial charge in [-0.05, 0) is 12.8 Å². The highest BCUT2D eigenvalue weighted by Crippen LogP contribution is 2.11. The number of carbonyl (C=O) groups excluding carboxylic acids is 1. The lowest BCUT2D eigenvalue weighted by atomic mass is 10.1. The van der Waals surface area contributed by atoms with E-state index in [2.05, 4.69) is 10.3 Å². The second-order valence-electron chi connectivity index (χ2n) is 3.58. The first-order valence-electron chi connectivity index (χ1n) is 4.47. The van der Waals surface area contributed by atoms with Gasteiger partial charge in [-0.2, -0.15) is 0 Å². The predicted octanol–water partition coefficient (Wildman–Crippen LogP) is 0.574. The third-order valence-electron chi connectivity index (χ3n) is 2.09. The molecule has 4 nitrogen and oxygen atoms in total. The first-order chi connectivity index (χ1) is 6.06. The molecule has 0 saturated carbocycles. The maximum Gasteiger partial charge on any atom is 0.249 e. The smallest absolute Gasteiger partial charge is 0.249 e. The number of carbonyl (C=O) groups is 1. The van der Waals surface area contributed by atoms with Crippen molar-refractivity contribution in [3.8, 4) is 0 Å². The summed E-state index contributed by atoms with van der Waals surface area (Å²) < 4.78 is 5.25. The number of hydrogen-bond acceptors (Lipinski definition) is 3. The fraction of sp³-hybridized carbons (Fsp3) is 0.778. The molecular weight excluding hydrogens is 168 g/mol. The SMILES string of the molecule is COC(C1=NC(C)C(=O)N1)C(C)C. The molecule has 0 spiro atoms. The molecule has 74 valence electrons. The molecule has 1 amide bonds. The number of aliphatic imine (C=N–C) groups is 1. The van der Waals surface area contributed by atoms with Crippen LogP contribution in [-0.2, 0) is 9.53 Å². The van der Waals surface area contributed by atoms with Crippen molar-refractivity contribution in [1.82, 2.24) is 5.32 Å². The molecule has 0 saturated heterocycles. The number of amidine groups is 1. The zero-order valence-corrected chi connectivity index (χ0v) is 8.50. The summed E-state index contributed by atoms with van der Waals surface area (Å²) in [5.74, 6) is 0.932. The van der Waals surface area contributed by atoms with E-state index in [-0.39, 0.29) is 18.1 Å². The number of ether oxygens (including phenoxy) is 1. The molecule has 1 aliphatic rings. The largest absolute Gasteiger partial charge is 0.373 e. The van der Waals surface area contributed by atoms with Gasteiger partial charge in [-0.1, -0.05) is 13.8 Å². The number of rotatable bonds is 3. The molecule has 1 N–H and O–H groups in total. The molecule has 0 aromatic rings. The first-order valence-corrected chi connectivity index (χ1v) is 4.47. The molecular formula is C9H16N2O2. The van der Waals surface area contributed by atoms with Gasteiger partial charge in [0.2, 0.25) is 5.91 Å². The van der Waals surface area contributed by atoms with Crippen LogP contribution in [0.25, 0.3) is 0 Å². The molecule has 0 radical (unpaired) electrons. The lowest BCUT2D eigenvalue weighted by Gasteiger charge is -2.18.